The second-order valence-corrected chi connectivity index (χ2v) is 4.91. The van der Waals surface area contributed by atoms with E-state index in [1.54, 1.807) is 0 Å². The van der Waals surface area contributed by atoms with Gasteiger partial charge in [0.05, 0.1) is 11.2 Å². The highest BCUT2D eigenvalue weighted by Gasteiger charge is 2.15. The molecule has 1 amide bonds. The standard InChI is InChI=1S/C15H17N3O/c19-12-18-9-7-17(8-10-18)11-14-6-5-13-3-1-2-4-15(13)16-14/h1-6,12H,7-11H2. The van der Waals surface area contributed by atoms with Crippen molar-refractivity contribution in [2.75, 3.05) is 26.2 Å². The highest BCUT2D eigenvalue weighted by atomic mass is 16.1. The van der Waals surface area contributed by atoms with E-state index in [0.717, 1.165) is 50.3 Å². The van der Waals surface area contributed by atoms with Crippen LogP contribution in [0.4, 0.5) is 0 Å². The fraction of sp³-hybridized carbons (Fsp3) is 0.333. The molecule has 0 unspecified atom stereocenters. The quantitative estimate of drug-likeness (QED) is 0.780. The highest BCUT2D eigenvalue weighted by molar-refractivity contribution is 5.78. The summed E-state index contributed by atoms with van der Waals surface area (Å²) >= 11 is 0. The van der Waals surface area contributed by atoms with Crippen LogP contribution in [-0.4, -0.2) is 47.4 Å². The Morgan fingerprint density at radius 2 is 1.84 bits per heavy atom. The summed E-state index contributed by atoms with van der Waals surface area (Å²) in [6.07, 6.45) is 0.936. The van der Waals surface area contributed by atoms with Crippen LogP contribution < -0.4 is 0 Å². The van der Waals surface area contributed by atoms with Crippen molar-refractivity contribution in [2.24, 2.45) is 0 Å². The Morgan fingerprint density at radius 1 is 1.05 bits per heavy atom. The van der Waals surface area contributed by atoms with Gasteiger partial charge >= 0.3 is 0 Å². The fourth-order valence-corrected chi connectivity index (χ4v) is 2.45. The molecule has 0 aliphatic carbocycles. The maximum absolute atomic E-state index is 10.7. The summed E-state index contributed by atoms with van der Waals surface area (Å²) in [6.45, 7) is 4.34. The topological polar surface area (TPSA) is 36.4 Å². The molecule has 0 atom stereocenters. The Balaban J connectivity index is 1.70. The first-order valence-electron chi connectivity index (χ1n) is 6.61. The van der Waals surface area contributed by atoms with Crippen LogP contribution in [0.1, 0.15) is 5.69 Å². The van der Waals surface area contributed by atoms with Crippen molar-refractivity contribution >= 4 is 17.3 Å². The number of piperazine rings is 1. The average Bonchev–Trinajstić information content (AvgIpc) is 2.48. The van der Waals surface area contributed by atoms with Gasteiger partial charge in [-0.3, -0.25) is 14.7 Å². The molecule has 0 saturated carbocycles. The number of nitrogens with zero attached hydrogens (tertiary/aromatic N) is 3. The lowest BCUT2D eigenvalue weighted by Gasteiger charge is -2.32. The van der Waals surface area contributed by atoms with E-state index in [0.29, 0.717) is 0 Å². The van der Waals surface area contributed by atoms with Gasteiger partial charge < -0.3 is 4.90 Å². The third kappa shape index (κ3) is 2.74. The fourth-order valence-electron chi connectivity index (χ4n) is 2.45. The minimum Gasteiger partial charge on any atom is -0.343 e. The summed E-state index contributed by atoms with van der Waals surface area (Å²) in [4.78, 5) is 19.5. The molecule has 0 radical (unpaired) electrons. The molecule has 0 N–H and O–H groups in total. The van der Waals surface area contributed by atoms with Crippen LogP contribution in [-0.2, 0) is 11.3 Å². The third-order valence-electron chi connectivity index (χ3n) is 3.60. The first kappa shape index (κ1) is 12.1. The number of carbonyl (C=O) groups is 1. The zero-order chi connectivity index (χ0) is 13.1. The second-order valence-electron chi connectivity index (χ2n) is 4.91. The van der Waals surface area contributed by atoms with Gasteiger partial charge in [-0.1, -0.05) is 24.3 Å². The molecule has 1 aliphatic heterocycles. The maximum atomic E-state index is 10.7. The Bertz CT molecular complexity index is 576. The van der Waals surface area contributed by atoms with E-state index in [2.05, 4.69) is 28.1 Å². The molecule has 1 saturated heterocycles. The van der Waals surface area contributed by atoms with Crippen molar-refractivity contribution < 1.29 is 4.79 Å². The van der Waals surface area contributed by atoms with Gasteiger partial charge in [-0.2, -0.15) is 0 Å². The second kappa shape index (κ2) is 5.36. The average molecular weight is 255 g/mol. The molecule has 98 valence electrons. The lowest BCUT2D eigenvalue weighted by atomic mass is 10.2. The molecule has 0 spiro atoms. The van der Waals surface area contributed by atoms with E-state index in [9.17, 15) is 4.79 Å². The summed E-state index contributed by atoms with van der Waals surface area (Å²) in [6, 6.07) is 12.4. The highest BCUT2D eigenvalue weighted by Crippen LogP contribution is 2.13. The molecule has 3 rings (SSSR count). The Hall–Kier alpha value is -1.94. The zero-order valence-corrected chi connectivity index (χ0v) is 10.8. The third-order valence-corrected chi connectivity index (χ3v) is 3.60. The number of rotatable bonds is 3. The van der Waals surface area contributed by atoms with Crippen LogP contribution in [0, 0.1) is 0 Å². The number of pyridine rings is 1. The summed E-state index contributed by atoms with van der Waals surface area (Å²) < 4.78 is 0. The molecule has 2 heterocycles. The van der Waals surface area contributed by atoms with Crippen molar-refractivity contribution in [3.05, 3.63) is 42.1 Å². The van der Waals surface area contributed by atoms with Crippen LogP contribution in [0.3, 0.4) is 0 Å². The number of hydrogen-bond donors (Lipinski definition) is 0. The lowest BCUT2D eigenvalue weighted by molar-refractivity contribution is -0.119. The van der Waals surface area contributed by atoms with Crippen molar-refractivity contribution in [2.45, 2.75) is 6.54 Å². The Kier molecular flexibility index (Phi) is 3.42. The minimum atomic E-state index is 0.817. The zero-order valence-electron chi connectivity index (χ0n) is 10.8. The van der Waals surface area contributed by atoms with Crippen molar-refractivity contribution in [1.82, 2.24) is 14.8 Å². The summed E-state index contributed by atoms with van der Waals surface area (Å²) in [7, 11) is 0. The van der Waals surface area contributed by atoms with Crippen molar-refractivity contribution in [1.29, 1.82) is 0 Å². The van der Waals surface area contributed by atoms with E-state index in [4.69, 9.17) is 0 Å². The lowest BCUT2D eigenvalue weighted by Crippen LogP contribution is -2.45. The number of hydrogen-bond acceptors (Lipinski definition) is 3. The minimum absolute atomic E-state index is 0.817. The predicted molar refractivity (Wildman–Crippen MR) is 74.7 cm³/mol. The predicted octanol–water partition coefficient (Wildman–Crippen LogP) is 1.51. The van der Waals surface area contributed by atoms with Gasteiger partial charge in [-0.05, 0) is 12.1 Å². The van der Waals surface area contributed by atoms with E-state index < -0.39 is 0 Å². The van der Waals surface area contributed by atoms with Crippen LogP contribution in [0.25, 0.3) is 10.9 Å². The van der Waals surface area contributed by atoms with E-state index in [-0.39, 0.29) is 0 Å². The molecule has 4 nitrogen and oxygen atoms in total. The molecule has 19 heavy (non-hydrogen) atoms. The number of fused-ring (bicyclic) bond motifs is 1. The van der Waals surface area contributed by atoms with Crippen LogP contribution >= 0.6 is 0 Å². The molecule has 2 aromatic rings. The number of aromatic nitrogens is 1. The van der Waals surface area contributed by atoms with Crippen LogP contribution in [0.5, 0.6) is 0 Å². The SMILES string of the molecule is O=CN1CCN(Cc2ccc3ccccc3n2)CC1. The first-order valence-corrected chi connectivity index (χ1v) is 6.61. The molecular formula is C15H17N3O. The largest absolute Gasteiger partial charge is 0.343 e. The molecule has 1 fully saturated rings. The monoisotopic (exact) mass is 255 g/mol. The van der Waals surface area contributed by atoms with Gasteiger partial charge in [0.25, 0.3) is 0 Å². The summed E-state index contributed by atoms with van der Waals surface area (Å²) in [5, 5.41) is 1.18. The number of benzene rings is 1. The number of para-hydroxylation sites is 1. The van der Waals surface area contributed by atoms with Crippen molar-refractivity contribution in [3.63, 3.8) is 0 Å². The normalized spacial score (nSPS) is 16.7. The Morgan fingerprint density at radius 3 is 2.63 bits per heavy atom. The molecular weight excluding hydrogens is 238 g/mol. The van der Waals surface area contributed by atoms with E-state index in [1.165, 1.54) is 5.39 Å². The van der Waals surface area contributed by atoms with Crippen molar-refractivity contribution in [3.8, 4) is 0 Å². The Labute approximate surface area is 112 Å². The molecule has 4 heteroatoms. The molecule has 1 aliphatic rings. The molecule has 1 aromatic carbocycles. The number of carbonyl (C=O) groups excluding carboxylic acids is 1. The summed E-state index contributed by atoms with van der Waals surface area (Å²) in [5.41, 5.74) is 2.14. The van der Waals surface area contributed by atoms with Gasteiger partial charge in [0, 0.05) is 38.1 Å². The van der Waals surface area contributed by atoms with Gasteiger partial charge in [-0.25, -0.2) is 0 Å². The molecule has 0 bridgehead atoms. The summed E-state index contributed by atoms with van der Waals surface area (Å²) in [5.74, 6) is 0. The maximum Gasteiger partial charge on any atom is 0.209 e. The number of amides is 1. The van der Waals surface area contributed by atoms with Gasteiger partial charge in [0.15, 0.2) is 0 Å². The van der Waals surface area contributed by atoms with Gasteiger partial charge in [0.1, 0.15) is 0 Å². The van der Waals surface area contributed by atoms with Crippen LogP contribution in [0.15, 0.2) is 36.4 Å². The first-order chi connectivity index (χ1) is 9.35. The van der Waals surface area contributed by atoms with E-state index in [1.807, 2.05) is 23.1 Å². The van der Waals surface area contributed by atoms with Gasteiger partial charge in [0.2, 0.25) is 6.41 Å². The molecule has 1 aromatic heterocycles. The van der Waals surface area contributed by atoms with Gasteiger partial charge in [-0.15, -0.1) is 0 Å². The van der Waals surface area contributed by atoms with E-state index >= 15 is 0 Å². The van der Waals surface area contributed by atoms with Crippen LogP contribution in [0.2, 0.25) is 0 Å². The smallest absolute Gasteiger partial charge is 0.209 e.